The normalized spacial score (nSPS) is 21.1. The van der Waals surface area contributed by atoms with Crippen molar-refractivity contribution in [2.75, 3.05) is 26.3 Å². The van der Waals surface area contributed by atoms with Crippen LogP contribution in [-0.4, -0.2) is 57.3 Å². The molecule has 2 aromatic rings. The molecule has 4 heterocycles. The van der Waals surface area contributed by atoms with Crippen molar-refractivity contribution >= 4 is 5.91 Å². The van der Waals surface area contributed by atoms with Crippen molar-refractivity contribution in [2.45, 2.75) is 32.0 Å². The van der Waals surface area contributed by atoms with Gasteiger partial charge in [-0.05, 0) is 18.6 Å². The summed E-state index contributed by atoms with van der Waals surface area (Å²) < 4.78 is 9.62. The van der Waals surface area contributed by atoms with E-state index < -0.39 is 0 Å². The Morgan fingerprint density at radius 2 is 2.32 bits per heavy atom. The first-order valence-electron chi connectivity index (χ1n) is 8.97. The largest absolute Gasteiger partial charge is 0.380 e. The number of amides is 1. The molecule has 7 heteroatoms. The Kier molecular flexibility index (Phi) is 4.59. The van der Waals surface area contributed by atoms with Gasteiger partial charge in [0.05, 0.1) is 25.0 Å². The molecular weight excluding hydrogens is 318 g/mol. The summed E-state index contributed by atoms with van der Waals surface area (Å²) in [6, 6.07) is 4.25. The zero-order chi connectivity index (χ0) is 17.2. The maximum Gasteiger partial charge on any atom is 0.268 e. The van der Waals surface area contributed by atoms with E-state index in [1.807, 2.05) is 36.1 Å². The molecule has 7 nitrogen and oxygen atoms in total. The predicted octanol–water partition coefficient (Wildman–Crippen LogP) is 0.799. The molecule has 0 saturated carbocycles. The Morgan fingerprint density at radius 1 is 1.40 bits per heavy atom. The third kappa shape index (κ3) is 3.34. The Balaban J connectivity index is 1.40. The molecule has 0 spiro atoms. The van der Waals surface area contributed by atoms with Crippen LogP contribution in [-0.2, 0) is 31.3 Å². The van der Waals surface area contributed by atoms with Gasteiger partial charge in [-0.25, -0.2) is 4.98 Å². The topological polar surface area (TPSA) is 64.3 Å². The number of hydrogen-bond donors (Lipinski definition) is 1. The summed E-state index contributed by atoms with van der Waals surface area (Å²) in [5.41, 5.74) is 1.74. The number of hydrogen-bond acceptors (Lipinski definition) is 4. The highest BCUT2D eigenvalue weighted by molar-refractivity contribution is 5.92. The second-order valence-electron chi connectivity index (χ2n) is 6.81. The molecule has 1 N–H and O–H groups in total. The van der Waals surface area contributed by atoms with Gasteiger partial charge < -0.3 is 19.2 Å². The van der Waals surface area contributed by atoms with Gasteiger partial charge in [0.25, 0.3) is 5.91 Å². The van der Waals surface area contributed by atoms with E-state index in [4.69, 9.17) is 4.74 Å². The molecule has 0 aliphatic carbocycles. The predicted molar refractivity (Wildman–Crippen MR) is 93.3 cm³/mol. The van der Waals surface area contributed by atoms with Crippen LogP contribution in [0.1, 0.15) is 28.4 Å². The van der Waals surface area contributed by atoms with Crippen LogP contribution in [0.4, 0.5) is 0 Å². The SMILES string of the molecule is Cn1cccc1C(=O)NCc1cnc2n1CCN([C@H]1CCOC1)CC2. The van der Waals surface area contributed by atoms with E-state index in [1.54, 1.807) is 0 Å². The summed E-state index contributed by atoms with van der Waals surface area (Å²) in [4.78, 5) is 19.4. The van der Waals surface area contributed by atoms with Crippen molar-refractivity contribution in [1.29, 1.82) is 0 Å². The zero-order valence-electron chi connectivity index (χ0n) is 14.6. The van der Waals surface area contributed by atoms with Crippen LogP contribution in [0.5, 0.6) is 0 Å². The minimum atomic E-state index is -0.0543. The minimum Gasteiger partial charge on any atom is -0.380 e. The number of imidazole rings is 1. The molecule has 2 aliphatic heterocycles. The van der Waals surface area contributed by atoms with Crippen molar-refractivity contribution in [3.8, 4) is 0 Å². The number of aromatic nitrogens is 3. The number of fused-ring (bicyclic) bond motifs is 1. The summed E-state index contributed by atoms with van der Waals surface area (Å²) >= 11 is 0. The lowest BCUT2D eigenvalue weighted by molar-refractivity contribution is 0.0941. The number of nitrogens with one attached hydrogen (secondary N) is 1. The summed E-state index contributed by atoms with van der Waals surface area (Å²) in [6.07, 6.45) is 5.85. The molecule has 1 amide bonds. The number of rotatable bonds is 4. The van der Waals surface area contributed by atoms with E-state index in [9.17, 15) is 4.79 Å². The smallest absolute Gasteiger partial charge is 0.268 e. The van der Waals surface area contributed by atoms with Crippen molar-refractivity contribution in [2.24, 2.45) is 7.05 Å². The minimum absolute atomic E-state index is 0.0543. The highest BCUT2D eigenvalue weighted by Gasteiger charge is 2.26. The Labute approximate surface area is 147 Å². The molecule has 0 radical (unpaired) electrons. The van der Waals surface area contributed by atoms with Gasteiger partial charge in [-0.1, -0.05) is 0 Å². The number of carbonyl (C=O) groups is 1. The third-order valence-electron chi connectivity index (χ3n) is 5.28. The second-order valence-corrected chi connectivity index (χ2v) is 6.81. The van der Waals surface area contributed by atoms with Gasteiger partial charge in [-0.3, -0.25) is 9.69 Å². The van der Waals surface area contributed by atoms with Gasteiger partial charge in [0, 0.05) is 51.9 Å². The fraction of sp³-hybridized carbons (Fsp3) is 0.556. The highest BCUT2D eigenvalue weighted by Crippen LogP contribution is 2.17. The molecule has 4 rings (SSSR count). The fourth-order valence-electron chi connectivity index (χ4n) is 3.78. The van der Waals surface area contributed by atoms with Crippen molar-refractivity contribution < 1.29 is 9.53 Å². The maximum atomic E-state index is 12.3. The van der Waals surface area contributed by atoms with E-state index >= 15 is 0 Å². The van der Waals surface area contributed by atoms with Crippen LogP contribution in [0.3, 0.4) is 0 Å². The maximum absolute atomic E-state index is 12.3. The lowest BCUT2D eigenvalue weighted by atomic mass is 10.2. The van der Waals surface area contributed by atoms with Gasteiger partial charge >= 0.3 is 0 Å². The zero-order valence-corrected chi connectivity index (χ0v) is 14.6. The Bertz CT molecular complexity index is 744. The van der Waals surface area contributed by atoms with Crippen LogP contribution in [0.2, 0.25) is 0 Å². The van der Waals surface area contributed by atoms with E-state index in [1.165, 1.54) is 0 Å². The van der Waals surface area contributed by atoms with Crippen LogP contribution >= 0.6 is 0 Å². The standard InChI is InChI=1S/C18H25N5O2/c1-21-6-2-3-16(21)18(24)20-12-15-11-19-17-4-7-22(8-9-23(15)17)14-5-10-25-13-14/h2-3,6,11,14H,4-5,7-10,12-13H2,1H3,(H,20,24)/t14-/m0/s1. The Hall–Kier alpha value is -2.12. The lowest BCUT2D eigenvalue weighted by Crippen LogP contribution is -2.37. The van der Waals surface area contributed by atoms with Crippen LogP contribution in [0.25, 0.3) is 0 Å². The highest BCUT2D eigenvalue weighted by atomic mass is 16.5. The average Bonchev–Trinajstić information content (AvgIpc) is 3.33. The summed E-state index contributed by atoms with van der Waals surface area (Å²) in [6.45, 7) is 5.19. The van der Waals surface area contributed by atoms with Gasteiger partial charge in [-0.15, -0.1) is 0 Å². The molecular formula is C18H25N5O2. The van der Waals surface area contributed by atoms with E-state index in [-0.39, 0.29) is 5.91 Å². The van der Waals surface area contributed by atoms with Gasteiger partial charge in [-0.2, -0.15) is 0 Å². The molecule has 1 atom stereocenters. The molecule has 2 aliphatic rings. The molecule has 0 bridgehead atoms. The van der Waals surface area contributed by atoms with E-state index in [0.717, 1.165) is 57.2 Å². The summed E-state index contributed by atoms with van der Waals surface area (Å²) in [5, 5.41) is 3.01. The number of ether oxygens (including phenoxy) is 1. The van der Waals surface area contributed by atoms with Crippen LogP contribution in [0, 0.1) is 0 Å². The molecule has 1 saturated heterocycles. The Morgan fingerprint density at radius 3 is 3.08 bits per heavy atom. The molecule has 2 aromatic heterocycles. The number of nitrogens with zero attached hydrogens (tertiary/aromatic N) is 4. The molecule has 134 valence electrons. The molecule has 25 heavy (non-hydrogen) atoms. The van der Waals surface area contributed by atoms with E-state index in [0.29, 0.717) is 18.3 Å². The number of aryl methyl sites for hydroxylation is 1. The first kappa shape index (κ1) is 16.4. The monoisotopic (exact) mass is 343 g/mol. The van der Waals surface area contributed by atoms with Crippen LogP contribution < -0.4 is 5.32 Å². The van der Waals surface area contributed by atoms with Crippen molar-refractivity contribution in [3.05, 3.63) is 41.7 Å². The second kappa shape index (κ2) is 7.01. The van der Waals surface area contributed by atoms with Crippen molar-refractivity contribution in [1.82, 2.24) is 24.3 Å². The summed E-state index contributed by atoms with van der Waals surface area (Å²) in [7, 11) is 1.88. The molecule has 1 fully saturated rings. The molecule has 0 aromatic carbocycles. The first-order chi connectivity index (χ1) is 12.2. The average molecular weight is 343 g/mol. The van der Waals surface area contributed by atoms with Gasteiger partial charge in [0.1, 0.15) is 11.5 Å². The first-order valence-corrected chi connectivity index (χ1v) is 8.97. The fourth-order valence-corrected chi connectivity index (χ4v) is 3.78. The summed E-state index contributed by atoms with van der Waals surface area (Å²) in [5.74, 6) is 1.06. The molecule has 0 unspecified atom stereocenters. The third-order valence-corrected chi connectivity index (χ3v) is 5.28. The van der Waals surface area contributed by atoms with Crippen LogP contribution in [0.15, 0.2) is 24.5 Å². The van der Waals surface area contributed by atoms with Gasteiger partial charge in [0.2, 0.25) is 0 Å². The van der Waals surface area contributed by atoms with Gasteiger partial charge in [0.15, 0.2) is 0 Å². The van der Waals surface area contributed by atoms with E-state index in [2.05, 4.69) is 19.8 Å². The number of carbonyl (C=O) groups excluding carboxylic acids is 1. The van der Waals surface area contributed by atoms with Crippen molar-refractivity contribution in [3.63, 3.8) is 0 Å². The quantitative estimate of drug-likeness (QED) is 0.892. The lowest BCUT2D eigenvalue weighted by Gasteiger charge is -2.25.